The summed E-state index contributed by atoms with van der Waals surface area (Å²) in [6.45, 7) is 14.4. The molecule has 10 heteroatoms. The van der Waals surface area contributed by atoms with E-state index in [9.17, 15) is 19.8 Å². The lowest BCUT2D eigenvalue weighted by molar-refractivity contribution is -0.234. The molecule has 9 nitrogen and oxygen atoms in total. The molecule has 0 amide bonds. The van der Waals surface area contributed by atoms with Gasteiger partial charge in [0.15, 0.2) is 6.61 Å². The maximum Gasteiger partial charge on any atom is 0.334 e. The molecule has 0 unspecified atom stereocenters. The van der Waals surface area contributed by atoms with Gasteiger partial charge < -0.3 is 24.1 Å². The summed E-state index contributed by atoms with van der Waals surface area (Å²) in [6.07, 6.45) is 6.05. The predicted octanol–water partition coefficient (Wildman–Crippen LogP) is 8.03. The Kier molecular flexibility index (Phi) is 10.2. The molecule has 0 spiro atoms. The number of halogens is 1. The van der Waals surface area contributed by atoms with Crippen LogP contribution >= 0.6 is 11.6 Å². The number of hydrogen-bond donors (Lipinski definition) is 2. The number of benzene rings is 1. The third kappa shape index (κ3) is 6.36. The molecule has 4 fully saturated rings. The SMILES string of the molecule is CC(=O)O[C@H]1C[C@@]2(C)[C@@H](C[C@@H](O)[C@H]3[C@@]4(C)CC[C@@H](O)[C@@H](C)[C@@H]4CC[C@@]32C)/C1=C(\CCC=C(C)C)C(=O)OCc1nnc(-c2ccc(Cl)cc2)o1. The lowest BCUT2D eigenvalue weighted by atomic mass is 9.36. The van der Waals surface area contributed by atoms with Crippen LogP contribution in [-0.2, 0) is 25.7 Å². The summed E-state index contributed by atoms with van der Waals surface area (Å²) in [5.41, 5.74) is 2.31. The van der Waals surface area contributed by atoms with Gasteiger partial charge in [0.05, 0.1) is 12.2 Å². The van der Waals surface area contributed by atoms with E-state index >= 15 is 0 Å². The molecule has 10 atom stereocenters. The molecule has 50 heavy (non-hydrogen) atoms. The molecule has 2 N–H and O–H groups in total. The van der Waals surface area contributed by atoms with Gasteiger partial charge in [0.1, 0.15) is 6.10 Å². The summed E-state index contributed by atoms with van der Waals surface area (Å²) in [7, 11) is 0. The van der Waals surface area contributed by atoms with Crippen LogP contribution in [0.15, 0.2) is 51.5 Å². The van der Waals surface area contributed by atoms with E-state index in [2.05, 4.69) is 44.0 Å². The van der Waals surface area contributed by atoms with Gasteiger partial charge in [-0.25, -0.2) is 4.79 Å². The molecule has 4 saturated carbocycles. The van der Waals surface area contributed by atoms with Crippen molar-refractivity contribution in [3.63, 3.8) is 0 Å². The number of ether oxygens (including phenoxy) is 2. The highest BCUT2D eigenvalue weighted by atomic mass is 35.5. The van der Waals surface area contributed by atoms with Crippen molar-refractivity contribution in [2.45, 2.75) is 125 Å². The summed E-state index contributed by atoms with van der Waals surface area (Å²) in [5, 5.41) is 31.9. The first-order valence-corrected chi connectivity index (χ1v) is 18.6. The first kappa shape index (κ1) is 36.8. The monoisotopic (exact) mass is 708 g/mol. The van der Waals surface area contributed by atoms with Crippen LogP contribution in [0, 0.1) is 39.9 Å². The number of rotatable bonds is 8. The number of nitrogens with zero attached hydrogens (tertiary/aromatic N) is 2. The quantitative estimate of drug-likeness (QED) is 0.159. The maximum atomic E-state index is 14.2. The van der Waals surface area contributed by atoms with Gasteiger partial charge in [-0.3, -0.25) is 4.79 Å². The Hall–Kier alpha value is -3.01. The fraction of sp³-hybridized carbons (Fsp3) is 0.650. The molecule has 272 valence electrons. The van der Waals surface area contributed by atoms with E-state index in [1.54, 1.807) is 24.3 Å². The van der Waals surface area contributed by atoms with Crippen molar-refractivity contribution in [3.8, 4) is 11.5 Å². The van der Waals surface area contributed by atoms with Gasteiger partial charge in [0.2, 0.25) is 5.89 Å². The molecule has 4 aliphatic rings. The minimum absolute atomic E-state index is 0.00992. The van der Waals surface area contributed by atoms with E-state index < -0.39 is 24.1 Å². The van der Waals surface area contributed by atoms with Gasteiger partial charge in [-0.1, -0.05) is 50.9 Å². The maximum absolute atomic E-state index is 14.2. The largest absolute Gasteiger partial charge is 0.458 e. The Morgan fingerprint density at radius 3 is 2.42 bits per heavy atom. The number of aliphatic hydroxyl groups excluding tert-OH is 2. The van der Waals surface area contributed by atoms with Crippen LogP contribution in [-0.4, -0.2) is 50.7 Å². The van der Waals surface area contributed by atoms with Gasteiger partial charge >= 0.3 is 11.9 Å². The summed E-state index contributed by atoms with van der Waals surface area (Å²) in [4.78, 5) is 26.9. The molecule has 0 bridgehead atoms. The standard InChI is InChI=1S/C40H53ClN2O7/c1-22(2)9-8-10-27(37(47)48-21-33-42-43-36(50-33)25-11-13-26(41)14-12-25)34-29-19-31(46)35-38(5)17-16-30(45)23(3)28(38)15-18-39(35,6)40(29,7)20-32(34)49-24(4)44/h9,11-14,23,28-32,35,45-46H,8,10,15-21H2,1-7H3/b34-27-/t23-,28-,29-,30+,31+,32-,35-,38-,39-,40-/m0/s1. The van der Waals surface area contributed by atoms with Gasteiger partial charge in [0, 0.05) is 23.1 Å². The van der Waals surface area contributed by atoms with Crippen molar-refractivity contribution in [2.24, 2.45) is 39.9 Å². The van der Waals surface area contributed by atoms with E-state index in [-0.39, 0.29) is 52.6 Å². The molecule has 1 aromatic carbocycles. The van der Waals surface area contributed by atoms with Crippen molar-refractivity contribution in [1.82, 2.24) is 10.2 Å². The predicted molar refractivity (Wildman–Crippen MR) is 189 cm³/mol. The number of carbonyl (C=O) groups excluding carboxylic acids is 2. The summed E-state index contributed by atoms with van der Waals surface area (Å²) < 4.78 is 17.8. The minimum Gasteiger partial charge on any atom is -0.458 e. The Morgan fingerprint density at radius 2 is 1.74 bits per heavy atom. The number of carbonyl (C=O) groups is 2. The average molecular weight is 709 g/mol. The van der Waals surface area contributed by atoms with Crippen LogP contribution in [0.5, 0.6) is 0 Å². The number of esters is 2. The normalized spacial score (nSPS) is 37.2. The first-order valence-electron chi connectivity index (χ1n) is 18.2. The molecule has 4 aliphatic carbocycles. The van der Waals surface area contributed by atoms with Crippen molar-refractivity contribution in [2.75, 3.05) is 0 Å². The third-order valence-corrected chi connectivity index (χ3v) is 13.7. The van der Waals surface area contributed by atoms with Crippen LogP contribution in [0.4, 0.5) is 0 Å². The summed E-state index contributed by atoms with van der Waals surface area (Å²) in [5.74, 6) is -0.159. The van der Waals surface area contributed by atoms with E-state index in [0.717, 1.165) is 36.8 Å². The Labute approximate surface area is 300 Å². The first-order chi connectivity index (χ1) is 23.6. The zero-order valence-electron chi connectivity index (χ0n) is 30.5. The molecule has 0 aliphatic heterocycles. The van der Waals surface area contributed by atoms with E-state index in [1.165, 1.54) is 6.92 Å². The Morgan fingerprint density at radius 1 is 1.02 bits per heavy atom. The van der Waals surface area contributed by atoms with Crippen LogP contribution < -0.4 is 0 Å². The summed E-state index contributed by atoms with van der Waals surface area (Å²) in [6, 6.07) is 7.02. The molecular weight excluding hydrogens is 656 g/mol. The van der Waals surface area contributed by atoms with Crippen LogP contribution in [0.2, 0.25) is 5.02 Å². The highest BCUT2D eigenvalue weighted by Gasteiger charge is 2.70. The highest BCUT2D eigenvalue weighted by molar-refractivity contribution is 6.30. The topological polar surface area (TPSA) is 132 Å². The molecule has 0 saturated heterocycles. The van der Waals surface area contributed by atoms with Gasteiger partial charge in [-0.2, -0.15) is 0 Å². The fourth-order valence-electron chi connectivity index (χ4n) is 11.0. The van der Waals surface area contributed by atoms with Crippen molar-refractivity contribution in [1.29, 1.82) is 0 Å². The van der Waals surface area contributed by atoms with Crippen LogP contribution in [0.25, 0.3) is 11.5 Å². The highest BCUT2D eigenvalue weighted by Crippen LogP contribution is 2.74. The second-order valence-corrected chi connectivity index (χ2v) is 16.9. The van der Waals surface area contributed by atoms with Gasteiger partial charge in [-0.15, -0.1) is 10.2 Å². The van der Waals surface area contributed by atoms with Crippen molar-refractivity contribution < 1.29 is 33.7 Å². The van der Waals surface area contributed by atoms with Gasteiger partial charge in [-0.05, 0) is 135 Å². The van der Waals surface area contributed by atoms with E-state index in [0.29, 0.717) is 53.7 Å². The Bertz CT molecular complexity index is 1660. The lowest BCUT2D eigenvalue weighted by Gasteiger charge is -2.69. The van der Waals surface area contributed by atoms with E-state index in [4.69, 9.17) is 25.5 Å². The number of aromatic nitrogens is 2. The fourth-order valence-corrected chi connectivity index (χ4v) is 11.1. The zero-order valence-corrected chi connectivity index (χ0v) is 31.3. The molecule has 1 heterocycles. The zero-order chi connectivity index (χ0) is 36.2. The number of fused-ring (bicyclic) bond motifs is 5. The minimum atomic E-state index is -0.614. The van der Waals surface area contributed by atoms with Crippen molar-refractivity contribution >= 4 is 23.5 Å². The van der Waals surface area contributed by atoms with E-state index in [1.807, 2.05) is 13.8 Å². The average Bonchev–Trinajstić information content (AvgIpc) is 3.63. The van der Waals surface area contributed by atoms with Crippen molar-refractivity contribution in [3.05, 3.63) is 58.0 Å². The second-order valence-electron chi connectivity index (χ2n) is 16.4. The summed E-state index contributed by atoms with van der Waals surface area (Å²) >= 11 is 6.03. The number of hydrogen-bond acceptors (Lipinski definition) is 9. The second kappa shape index (κ2) is 13.8. The molecule has 2 aromatic rings. The molecule has 1 aromatic heterocycles. The lowest BCUT2D eigenvalue weighted by Crippen LogP contribution is -2.65. The third-order valence-electron chi connectivity index (χ3n) is 13.4. The number of allylic oxidation sites excluding steroid dienone is 2. The molecular formula is C40H53ClN2O7. The molecule has 6 rings (SSSR count). The number of aliphatic hydroxyl groups is 2. The molecule has 0 radical (unpaired) electrons. The van der Waals surface area contributed by atoms with Gasteiger partial charge in [0.25, 0.3) is 5.89 Å². The Balaban J connectivity index is 1.36. The van der Waals surface area contributed by atoms with Crippen LogP contribution in [0.1, 0.15) is 106 Å². The smallest absolute Gasteiger partial charge is 0.334 e. The van der Waals surface area contributed by atoms with Crippen LogP contribution in [0.3, 0.4) is 0 Å².